The summed E-state index contributed by atoms with van der Waals surface area (Å²) in [5.74, 6) is 0.628. The summed E-state index contributed by atoms with van der Waals surface area (Å²) in [5, 5.41) is 0. The van der Waals surface area contributed by atoms with Gasteiger partial charge in [0.2, 0.25) is 0 Å². The highest BCUT2D eigenvalue weighted by Crippen LogP contribution is 2.42. The van der Waals surface area contributed by atoms with Crippen LogP contribution in [0, 0.1) is 10.8 Å². The average molecular weight is 260 g/mol. The maximum Gasteiger partial charge on any atom is -0.0108 e. The van der Waals surface area contributed by atoms with Crippen molar-refractivity contribution in [3.05, 3.63) is 35.4 Å². The quantitative estimate of drug-likeness (QED) is 0.604. The van der Waals surface area contributed by atoms with Gasteiger partial charge in [-0.05, 0) is 40.7 Å². The zero-order chi connectivity index (χ0) is 14.7. The summed E-state index contributed by atoms with van der Waals surface area (Å²) >= 11 is 0. The van der Waals surface area contributed by atoms with E-state index in [1.807, 2.05) is 0 Å². The standard InChI is InChI=1S/C19H32/c1-8-9-15-10-12-16(13-11-15)17(19(5,6)7)14-18(2,3)4/h10-13,17H,8-9,14H2,1-7H3. The van der Waals surface area contributed by atoms with Crippen molar-refractivity contribution >= 4 is 0 Å². The van der Waals surface area contributed by atoms with Gasteiger partial charge in [0.15, 0.2) is 0 Å². The minimum Gasteiger partial charge on any atom is -0.0651 e. The van der Waals surface area contributed by atoms with Gasteiger partial charge in [0, 0.05) is 0 Å². The summed E-state index contributed by atoms with van der Waals surface area (Å²) < 4.78 is 0. The molecule has 0 heteroatoms. The van der Waals surface area contributed by atoms with Gasteiger partial charge in [0.05, 0.1) is 0 Å². The number of hydrogen-bond acceptors (Lipinski definition) is 0. The first-order valence-electron chi connectivity index (χ1n) is 7.72. The maximum atomic E-state index is 2.36. The van der Waals surface area contributed by atoms with Crippen molar-refractivity contribution in [2.24, 2.45) is 10.8 Å². The molecule has 0 aromatic heterocycles. The largest absolute Gasteiger partial charge is 0.0651 e. The third kappa shape index (κ3) is 5.38. The summed E-state index contributed by atoms with van der Waals surface area (Å²) in [4.78, 5) is 0. The number of hydrogen-bond donors (Lipinski definition) is 0. The predicted octanol–water partition coefficient (Wildman–Crippen LogP) is 6.21. The van der Waals surface area contributed by atoms with Crippen LogP contribution >= 0.6 is 0 Å². The second-order valence-corrected chi connectivity index (χ2v) is 8.17. The molecule has 0 radical (unpaired) electrons. The highest BCUT2D eigenvalue weighted by Gasteiger charge is 2.30. The molecule has 1 unspecified atom stereocenters. The van der Waals surface area contributed by atoms with Gasteiger partial charge in [-0.15, -0.1) is 0 Å². The fourth-order valence-electron chi connectivity index (χ4n) is 2.74. The summed E-state index contributed by atoms with van der Waals surface area (Å²) in [7, 11) is 0. The fourth-order valence-corrected chi connectivity index (χ4v) is 2.74. The van der Waals surface area contributed by atoms with Crippen molar-refractivity contribution in [1.82, 2.24) is 0 Å². The molecule has 1 aromatic carbocycles. The average Bonchev–Trinajstić information content (AvgIpc) is 2.25. The summed E-state index contributed by atoms with van der Waals surface area (Å²) in [6.07, 6.45) is 3.66. The lowest BCUT2D eigenvalue weighted by atomic mass is 9.69. The molecule has 0 bridgehead atoms. The summed E-state index contributed by atoms with van der Waals surface area (Å²) in [5.41, 5.74) is 3.66. The minimum absolute atomic E-state index is 0.319. The van der Waals surface area contributed by atoms with Crippen molar-refractivity contribution < 1.29 is 0 Å². The smallest absolute Gasteiger partial charge is 0.0108 e. The van der Waals surface area contributed by atoms with Crippen molar-refractivity contribution in [1.29, 1.82) is 0 Å². The van der Waals surface area contributed by atoms with Gasteiger partial charge in [-0.25, -0.2) is 0 Å². The normalized spacial score (nSPS) is 14.5. The molecule has 19 heavy (non-hydrogen) atoms. The minimum atomic E-state index is 0.319. The van der Waals surface area contributed by atoms with Gasteiger partial charge in [-0.1, -0.05) is 79.2 Å². The Morgan fingerprint density at radius 3 is 1.79 bits per heavy atom. The Kier molecular flexibility index (Phi) is 5.24. The predicted molar refractivity (Wildman–Crippen MR) is 86.7 cm³/mol. The van der Waals surface area contributed by atoms with Crippen molar-refractivity contribution in [2.45, 2.75) is 73.6 Å². The zero-order valence-corrected chi connectivity index (χ0v) is 14.0. The molecular formula is C19H32. The monoisotopic (exact) mass is 260 g/mol. The fraction of sp³-hybridized carbons (Fsp3) is 0.684. The van der Waals surface area contributed by atoms with Crippen LogP contribution in [0.3, 0.4) is 0 Å². The molecule has 0 heterocycles. The highest BCUT2D eigenvalue weighted by molar-refractivity contribution is 5.27. The lowest BCUT2D eigenvalue weighted by Gasteiger charge is -2.36. The lowest BCUT2D eigenvalue weighted by Crippen LogP contribution is -2.23. The first kappa shape index (κ1) is 16.3. The molecule has 0 nitrogen and oxygen atoms in total. The van der Waals surface area contributed by atoms with Crippen LogP contribution in [0.5, 0.6) is 0 Å². The van der Waals surface area contributed by atoms with Crippen LogP contribution in [0.2, 0.25) is 0 Å². The number of benzene rings is 1. The van der Waals surface area contributed by atoms with Gasteiger partial charge < -0.3 is 0 Å². The van der Waals surface area contributed by atoms with Gasteiger partial charge in [0.25, 0.3) is 0 Å². The molecular weight excluding hydrogens is 228 g/mol. The van der Waals surface area contributed by atoms with E-state index in [4.69, 9.17) is 0 Å². The molecule has 0 saturated heterocycles. The molecule has 0 N–H and O–H groups in total. The second-order valence-electron chi connectivity index (χ2n) is 8.17. The van der Waals surface area contributed by atoms with E-state index >= 15 is 0 Å². The first-order chi connectivity index (χ1) is 8.63. The summed E-state index contributed by atoms with van der Waals surface area (Å²) in [6.45, 7) is 16.4. The van der Waals surface area contributed by atoms with E-state index in [1.54, 1.807) is 0 Å². The van der Waals surface area contributed by atoms with E-state index in [9.17, 15) is 0 Å². The van der Waals surface area contributed by atoms with E-state index in [0.717, 1.165) is 0 Å². The molecule has 108 valence electrons. The molecule has 1 rings (SSSR count). The molecule has 0 fully saturated rings. The zero-order valence-electron chi connectivity index (χ0n) is 14.0. The van der Waals surface area contributed by atoms with Crippen LogP contribution < -0.4 is 0 Å². The molecule has 0 spiro atoms. The van der Waals surface area contributed by atoms with E-state index < -0.39 is 0 Å². The van der Waals surface area contributed by atoms with E-state index in [0.29, 0.717) is 16.7 Å². The number of rotatable bonds is 4. The van der Waals surface area contributed by atoms with Crippen LogP contribution in [-0.4, -0.2) is 0 Å². The molecule has 0 aliphatic carbocycles. The molecule has 0 aliphatic heterocycles. The Labute approximate surface area is 120 Å². The van der Waals surface area contributed by atoms with E-state index in [2.05, 4.69) is 72.7 Å². The number of aryl methyl sites for hydroxylation is 1. The van der Waals surface area contributed by atoms with Gasteiger partial charge >= 0.3 is 0 Å². The van der Waals surface area contributed by atoms with Crippen LogP contribution in [-0.2, 0) is 6.42 Å². The molecule has 0 aliphatic rings. The molecule has 1 aromatic rings. The molecule has 0 saturated carbocycles. The second kappa shape index (κ2) is 6.11. The highest BCUT2D eigenvalue weighted by atomic mass is 14.3. The van der Waals surface area contributed by atoms with E-state index in [-0.39, 0.29) is 0 Å². The Morgan fingerprint density at radius 2 is 1.42 bits per heavy atom. The SMILES string of the molecule is CCCc1ccc(C(CC(C)(C)C)C(C)(C)C)cc1. The van der Waals surface area contributed by atoms with Crippen LogP contribution in [0.15, 0.2) is 24.3 Å². The van der Waals surface area contributed by atoms with Gasteiger partial charge in [-0.2, -0.15) is 0 Å². The van der Waals surface area contributed by atoms with Crippen molar-refractivity contribution in [2.75, 3.05) is 0 Å². The van der Waals surface area contributed by atoms with Crippen molar-refractivity contribution in [3.63, 3.8) is 0 Å². The third-order valence-electron chi connectivity index (χ3n) is 3.78. The Hall–Kier alpha value is -0.780. The first-order valence-corrected chi connectivity index (χ1v) is 7.72. The van der Waals surface area contributed by atoms with Crippen molar-refractivity contribution in [3.8, 4) is 0 Å². The van der Waals surface area contributed by atoms with Gasteiger partial charge in [-0.3, -0.25) is 0 Å². The third-order valence-corrected chi connectivity index (χ3v) is 3.78. The van der Waals surface area contributed by atoms with Crippen LogP contribution in [0.1, 0.15) is 78.4 Å². The summed E-state index contributed by atoms with van der Waals surface area (Å²) in [6, 6.07) is 9.35. The van der Waals surface area contributed by atoms with Crippen LogP contribution in [0.4, 0.5) is 0 Å². The Morgan fingerprint density at radius 1 is 0.895 bits per heavy atom. The molecule has 1 atom stereocenters. The Balaban J connectivity index is 2.98. The topological polar surface area (TPSA) is 0 Å². The lowest BCUT2D eigenvalue weighted by molar-refractivity contribution is 0.229. The Bertz CT molecular complexity index is 370. The molecule has 0 amide bonds. The van der Waals surface area contributed by atoms with Gasteiger partial charge in [0.1, 0.15) is 0 Å². The maximum absolute atomic E-state index is 2.36. The van der Waals surface area contributed by atoms with E-state index in [1.165, 1.54) is 30.4 Å². The van der Waals surface area contributed by atoms with Crippen LogP contribution in [0.25, 0.3) is 0 Å².